The Bertz CT molecular complexity index is 1040. The Kier molecular flexibility index (Phi) is 5.01. The van der Waals surface area contributed by atoms with E-state index in [0.29, 0.717) is 0 Å². The number of hydrogen-bond donors (Lipinski definition) is 0. The van der Waals surface area contributed by atoms with Crippen LogP contribution in [-0.4, -0.2) is 32.5 Å². The number of halogens is 3. The van der Waals surface area contributed by atoms with Gasteiger partial charge in [0, 0.05) is 31.8 Å². The molecule has 0 aromatic heterocycles. The number of methoxy groups -OCH3 is 2. The van der Waals surface area contributed by atoms with Gasteiger partial charge >= 0.3 is 12.1 Å². The minimum absolute atomic E-state index is 0.0242. The van der Waals surface area contributed by atoms with Crippen LogP contribution in [-0.2, 0) is 31.5 Å². The summed E-state index contributed by atoms with van der Waals surface area (Å²) in [6.45, 7) is 6.47. The van der Waals surface area contributed by atoms with Gasteiger partial charge < -0.3 is 18.9 Å². The second kappa shape index (κ2) is 7.41. The lowest BCUT2D eigenvalue weighted by Gasteiger charge is -2.57. The standard InChI is InChI=1S/C28H35F3O4/c1-25(2,3)19-9-18-10-20-23(27(29,30)31)35-28(32-4,33-5)24(20)34-22(18)21(11-19)26-12-15-6-16(13-26)8-17(7-15)14-26/h9,11,15-17,24H,6-8,10,12-14H2,1-5H3. The molecule has 35 heavy (non-hydrogen) atoms. The van der Waals surface area contributed by atoms with Crippen molar-refractivity contribution in [3.8, 4) is 5.75 Å². The topological polar surface area (TPSA) is 36.9 Å². The van der Waals surface area contributed by atoms with E-state index in [1.807, 2.05) is 6.07 Å². The van der Waals surface area contributed by atoms with Crippen LogP contribution < -0.4 is 4.74 Å². The Morgan fingerprint density at radius 3 is 1.97 bits per heavy atom. The first-order chi connectivity index (χ1) is 16.4. The molecule has 0 amide bonds. The first-order valence-electron chi connectivity index (χ1n) is 12.8. The lowest BCUT2D eigenvalue weighted by atomic mass is 9.47. The van der Waals surface area contributed by atoms with Gasteiger partial charge in [-0.25, -0.2) is 0 Å². The van der Waals surface area contributed by atoms with Gasteiger partial charge in [-0.2, -0.15) is 13.2 Å². The fourth-order valence-corrected chi connectivity index (χ4v) is 8.08. The Balaban J connectivity index is 1.54. The summed E-state index contributed by atoms with van der Waals surface area (Å²) in [4.78, 5) is 0. The lowest BCUT2D eigenvalue weighted by Crippen LogP contribution is -2.51. The van der Waals surface area contributed by atoms with Gasteiger partial charge in [0.15, 0.2) is 0 Å². The second-order valence-corrected chi connectivity index (χ2v) is 12.6. The van der Waals surface area contributed by atoms with Crippen molar-refractivity contribution in [2.24, 2.45) is 17.8 Å². The van der Waals surface area contributed by atoms with Crippen molar-refractivity contribution in [3.05, 3.63) is 40.2 Å². The fourth-order valence-electron chi connectivity index (χ4n) is 8.08. The smallest absolute Gasteiger partial charge is 0.449 e. The highest BCUT2D eigenvalue weighted by Crippen LogP contribution is 2.63. The Hall–Kier alpha value is -1.73. The van der Waals surface area contributed by atoms with Crippen LogP contribution in [0.4, 0.5) is 13.2 Å². The minimum Gasteiger partial charge on any atom is -0.475 e. The average molecular weight is 493 g/mol. The van der Waals surface area contributed by atoms with Crippen molar-refractivity contribution >= 4 is 0 Å². The summed E-state index contributed by atoms with van der Waals surface area (Å²) in [6, 6.07) is 4.33. The number of rotatable bonds is 3. The highest BCUT2D eigenvalue weighted by atomic mass is 19.4. The average Bonchev–Trinajstić information content (AvgIpc) is 3.09. The summed E-state index contributed by atoms with van der Waals surface area (Å²) in [5.74, 6) is -0.0957. The van der Waals surface area contributed by atoms with E-state index < -0.39 is 24.0 Å². The Morgan fingerprint density at radius 1 is 0.914 bits per heavy atom. The summed E-state index contributed by atoms with van der Waals surface area (Å²) in [6.07, 6.45) is 1.68. The van der Waals surface area contributed by atoms with E-state index in [2.05, 4.69) is 26.8 Å². The minimum atomic E-state index is -4.67. The van der Waals surface area contributed by atoms with Gasteiger partial charge in [-0.15, -0.1) is 0 Å². The molecule has 0 spiro atoms. The molecule has 7 rings (SSSR count). The van der Waals surface area contributed by atoms with E-state index in [9.17, 15) is 13.2 Å². The van der Waals surface area contributed by atoms with Crippen LogP contribution in [0.1, 0.15) is 76.0 Å². The van der Waals surface area contributed by atoms with Crippen molar-refractivity contribution in [1.29, 1.82) is 0 Å². The van der Waals surface area contributed by atoms with Crippen molar-refractivity contribution in [2.75, 3.05) is 14.2 Å². The maximum Gasteiger partial charge on any atom is 0.449 e. The maximum atomic E-state index is 14.0. The first-order valence-corrected chi connectivity index (χ1v) is 12.8. The highest BCUT2D eigenvalue weighted by Gasteiger charge is 2.62. The molecule has 7 heteroatoms. The molecule has 1 aromatic carbocycles. The molecule has 4 saturated carbocycles. The predicted molar refractivity (Wildman–Crippen MR) is 124 cm³/mol. The third-order valence-corrected chi connectivity index (χ3v) is 9.26. The zero-order chi connectivity index (χ0) is 25.0. The molecular weight excluding hydrogens is 457 g/mol. The monoisotopic (exact) mass is 492 g/mol. The number of fused-ring (bicyclic) bond motifs is 2. The quantitative estimate of drug-likeness (QED) is 0.449. The van der Waals surface area contributed by atoms with Crippen LogP contribution in [0.5, 0.6) is 5.75 Å². The van der Waals surface area contributed by atoms with Gasteiger partial charge in [0.2, 0.25) is 11.9 Å². The molecule has 4 bridgehead atoms. The molecule has 4 nitrogen and oxygen atoms in total. The molecule has 0 saturated heterocycles. The molecular formula is C28H35F3O4. The third-order valence-electron chi connectivity index (χ3n) is 9.26. The highest BCUT2D eigenvalue weighted by molar-refractivity contribution is 5.55. The zero-order valence-electron chi connectivity index (χ0n) is 21.2. The van der Waals surface area contributed by atoms with E-state index in [-0.39, 0.29) is 22.8 Å². The summed E-state index contributed by atoms with van der Waals surface area (Å²) >= 11 is 0. The van der Waals surface area contributed by atoms with E-state index >= 15 is 0 Å². The van der Waals surface area contributed by atoms with Crippen LogP contribution in [0.2, 0.25) is 0 Å². The van der Waals surface area contributed by atoms with E-state index in [1.54, 1.807) is 0 Å². The number of allylic oxidation sites excluding steroid dienone is 1. The summed E-state index contributed by atoms with van der Waals surface area (Å²) in [5.41, 5.74) is 3.05. The molecule has 4 aliphatic carbocycles. The second-order valence-electron chi connectivity index (χ2n) is 12.6. The van der Waals surface area contributed by atoms with Crippen LogP contribution in [0, 0.1) is 17.8 Å². The Labute approximate surface area is 205 Å². The molecule has 2 heterocycles. The van der Waals surface area contributed by atoms with Crippen LogP contribution in [0.3, 0.4) is 0 Å². The van der Waals surface area contributed by atoms with E-state index in [1.165, 1.54) is 39.0 Å². The normalized spacial score (nSPS) is 35.0. The zero-order valence-corrected chi connectivity index (χ0v) is 21.2. The molecule has 2 aliphatic heterocycles. The summed E-state index contributed by atoms with van der Waals surface area (Å²) in [5, 5.41) is 0. The molecule has 1 atom stereocenters. The predicted octanol–water partition coefficient (Wildman–Crippen LogP) is 6.55. The fraction of sp³-hybridized carbons (Fsp3) is 0.714. The van der Waals surface area contributed by atoms with Gasteiger partial charge in [-0.05, 0) is 78.2 Å². The summed E-state index contributed by atoms with van der Waals surface area (Å²) < 4.78 is 64.8. The number of alkyl halides is 3. The third kappa shape index (κ3) is 3.47. The van der Waals surface area contributed by atoms with E-state index in [4.69, 9.17) is 18.9 Å². The van der Waals surface area contributed by atoms with Gasteiger partial charge in [-0.1, -0.05) is 32.9 Å². The molecule has 0 radical (unpaired) electrons. The number of ether oxygens (including phenoxy) is 4. The molecule has 1 aromatic rings. The van der Waals surface area contributed by atoms with Crippen molar-refractivity contribution in [2.45, 2.75) is 94.8 Å². The first kappa shape index (κ1) is 23.7. The molecule has 6 aliphatic rings. The SMILES string of the molecule is COC1(OC)OC(C(F)(F)F)=C2Cc3cc(C(C)(C)C)cc(C45CC6CC(CC(C6)C4)C5)c3OC21. The van der Waals surface area contributed by atoms with Crippen LogP contribution in [0.25, 0.3) is 0 Å². The van der Waals surface area contributed by atoms with Gasteiger partial charge in [0.25, 0.3) is 0 Å². The van der Waals surface area contributed by atoms with Crippen molar-refractivity contribution < 1.29 is 32.1 Å². The number of hydrogen-bond acceptors (Lipinski definition) is 4. The molecule has 1 unspecified atom stereocenters. The van der Waals surface area contributed by atoms with Crippen LogP contribution in [0.15, 0.2) is 23.5 Å². The molecule has 4 fully saturated rings. The Morgan fingerprint density at radius 2 is 1.49 bits per heavy atom. The van der Waals surface area contributed by atoms with E-state index in [0.717, 1.165) is 53.9 Å². The summed E-state index contributed by atoms with van der Waals surface area (Å²) in [7, 11) is 2.59. The largest absolute Gasteiger partial charge is 0.475 e. The van der Waals surface area contributed by atoms with Crippen molar-refractivity contribution in [1.82, 2.24) is 0 Å². The maximum absolute atomic E-state index is 14.0. The van der Waals surface area contributed by atoms with Gasteiger partial charge in [0.1, 0.15) is 5.75 Å². The van der Waals surface area contributed by atoms with Gasteiger partial charge in [-0.3, -0.25) is 0 Å². The van der Waals surface area contributed by atoms with Crippen LogP contribution >= 0.6 is 0 Å². The lowest BCUT2D eigenvalue weighted by molar-refractivity contribution is -0.370. The van der Waals surface area contributed by atoms with Crippen molar-refractivity contribution in [3.63, 3.8) is 0 Å². The number of benzene rings is 1. The molecule has 192 valence electrons. The van der Waals surface area contributed by atoms with Gasteiger partial charge in [0.05, 0.1) is 0 Å². The molecule has 0 N–H and O–H groups in total.